The second-order valence-electron chi connectivity index (χ2n) is 8.23. The van der Waals surface area contributed by atoms with E-state index in [1.807, 2.05) is 12.3 Å². The van der Waals surface area contributed by atoms with E-state index in [9.17, 15) is 0 Å². The number of aromatic amines is 1. The molecule has 158 valence electrons. The Morgan fingerprint density at radius 2 is 2.03 bits per heavy atom. The molecule has 0 bridgehead atoms. The molecule has 1 aliphatic carbocycles. The molecule has 0 radical (unpaired) electrons. The second kappa shape index (κ2) is 9.86. The van der Waals surface area contributed by atoms with Crippen LogP contribution in [-0.2, 0) is 13.0 Å². The van der Waals surface area contributed by atoms with Crippen LogP contribution in [0, 0.1) is 0 Å². The first-order chi connectivity index (χ1) is 14.4. The Morgan fingerprint density at radius 1 is 1.10 bits per heavy atom. The first-order valence-electron chi connectivity index (χ1n) is 10.9. The number of fused-ring (bicyclic) bond motifs is 2. The maximum atomic E-state index is 4.85. The highest BCUT2D eigenvalue weighted by atomic mass is 79.9. The Labute approximate surface area is 188 Å². The van der Waals surface area contributed by atoms with Crippen LogP contribution in [0.5, 0.6) is 0 Å². The fourth-order valence-electron chi connectivity index (χ4n) is 4.71. The lowest BCUT2D eigenvalue weighted by Crippen LogP contribution is -2.33. The number of nitrogens with zero attached hydrogens (tertiary/aromatic N) is 3. The van der Waals surface area contributed by atoms with Crippen LogP contribution in [0.4, 0.5) is 0 Å². The molecule has 2 aromatic heterocycles. The van der Waals surface area contributed by atoms with Gasteiger partial charge in [0.2, 0.25) is 0 Å². The van der Waals surface area contributed by atoms with Gasteiger partial charge in [0.15, 0.2) is 0 Å². The van der Waals surface area contributed by atoms with Gasteiger partial charge in [-0.2, -0.15) is 0 Å². The van der Waals surface area contributed by atoms with E-state index in [1.54, 1.807) is 0 Å². The highest BCUT2D eigenvalue weighted by Crippen LogP contribution is 2.33. The van der Waals surface area contributed by atoms with Crippen LogP contribution in [0.3, 0.4) is 0 Å². The number of benzene rings is 1. The fourth-order valence-corrected chi connectivity index (χ4v) is 4.71. The van der Waals surface area contributed by atoms with Gasteiger partial charge in [-0.3, -0.25) is 9.88 Å². The van der Waals surface area contributed by atoms with Gasteiger partial charge in [-0.1, -0.05) is 29.8 Å². The third-order valence-corrected chi connectivity index (χ3v) is 6.22. The van der Waals surface area contributed by atoms with Gasteiger partial charge >= 0.3 is 0 Å². The summed E-state index contributed by atoms with van der Waals surface area (Å²) in [5.74, 6) is 1.04. The Morgan fingerprint density at radius 3 is 2.90 bits per heavy atom. The van der Waals surface area contributed by atoms with Crippen molar-refractivity contribution in [3.05, 3.63) is 71.3 Å². The molecule has 6 heteroatoms. The topological polar surface area (TPSA) is 56.8 Å². The molecule has 3 aromatic rings. The molecule has 2 aliphatic rings. The van der Waals surface area contributed by atoms with Gasteiger partial charge in [-0.05, 0) is 62.4 Å². The van der Waals surface area contributed by atoms with Gasteiger partial charge in [0, 0.05) is 19.3 Å². The number of hydrogen-bond acceptors (Lipinski definition) is 4. The molecule has 1 aliphatic heterocycles. The molecule has 3 heterocycles. The highest BCUT2D eigenvalue weighted by molar-refractivity contribution is 8.93. The number of pyridine rings is 1. The molecule has 0 amide bonds. The highest BCUT2D eigenvalue weighted by Gasteiger charge is 2.27. The number of aryl methyl sites for hydroxylation is 1. The Hall–Kier alpha value is -2.02. The minimum absolute atomic E-state index is 0. The molecule has 1 unspecified atom stereocenters. The predicted molar refractivity (Wildman–Crippen MR) is 127 cm³/mol. The number of imidazole rings is 1. The van der Waals surface area contributed by atoms with E-state index in [0.717, 1.165) is 55.9 Å². The quantitative estimate of drug-likeness (QED) is 0.532. The number of halogens is 1. The maximum absolute atomic E-state index is 4.85. The number of hydrogen-bond donors (Lipinski definition) is 2. The molecule has 1 atom stereocenters. The van der Waals surface area contributed by atoms with E-state index >= 15 is 0 Å². The number of nitrogens with one attached hydrogen (secondary N) is 2. The van der Waals surface area contributed by atoms with E-state index < -0.39 is 0 Å². The smallest absolute Gasteiger partial charge is 0.121 e. The van der Waals surface area contributed by atoms with Gasteiger partial charge in [0.1, 0.15) is 5.82 Å². The van der Waals surface area contributed by atoms with Crippen LogP contribution in [0.2, 0.25) is 0 Å². The second-order valence-corrected chi connectivity index (χ2v) is 8.23. The third-order valence-electron chi connectivity index (χ3n) is 6.22. The summed E-state index contributed by atoms with van der Waals surface area (Å²) in [6, 6.07) is 13.0. The minimum atomic E-state index is 0. The normalized spacial score (nSPS) is 20.3. The van der Waals surface area contributed by atoms with Gasteiger partial charge < -0.3 is 10.3 Å². The number of aromatic nitrogens is 3. The van der Waals surface area contributed by atoms with Crippen molar-refractivity contribution < 1.29 is 0 Å². The molecule has 5 nitrogen and oxygen atoms in total. The lowest BCUT2D eigenvalue weighted by atomic mass is 9.90. The molecule has 5 rings (SSSR count). The first kappa shape index (κ1) is 21.2. The molecular formula is C24H30BrN5. The first-order valence-corrected chi connectivity index (χ1v) is 10.9. The standard InChI is InChI=1S/C24H29N5.BrH/c1-2-10-21-20(9-1)27-23(28-21)17-29(15-12-18-6-4-13-25-16-18)22-11-3-7-19-8-5-14-26-24(19)22;/h1-2,5,8-10,12,14,22,25H,3-4,6-7,11,13,15-17H2,(H,27,28);1H. The van der Waals surface area contributed by atoms with Crippen molar-refractivity contribution in [2.75, 3.05) is 19.6 Å². The van der Waals surface area contributed by atoms with E-state index in [-0.39, 0.29) is 17.0 Å². The molecule has 1 saturated heterocycles. The predicted octanol–water partition coefficient (Wildman–Crippen LogP) is 4.73. The largest absolute Gasteiger partial charge is 0.341 e. The number of piperidine rings is 1. The van der Waals surface area contributed by atoms with E-state index in [4.69, 9.17) is 9.97 Å². The zero-order valence-corrected chi connectivity index (χ0v) is 19.0. The summed E-state index contributed by atoms with van der Waals surface area (Å²) in [5.41, 5.74) is 6.35. The Balaban J connectivity index is 0.00000218. The average molecular weight is 468 g/mol. The number of H-pyrrole nitrogens is 1. The average Bonchev–Trinajstić information content (AvgIpc) is 3.19. The van der Waals surface area contributed by atoms with Gasteiger partial charge in [0.05, 0.1) is 29.3 Å². The molecule has 1 aromatic carbocycles. The molecule has 2 N–H and O–H groups in total. The maximum Gasteiger partial charge on any atom is 0.121 e. The van der Waals surface area contributed by atoms with E-state index in [1.165, 1.54) is 36.1 Å². The van der Waals surface area contributed by atoms with Crippen LogP contribution in [0.25, 0.3) is 11.0 Å². The van der Waals surface area contributed by atoms with Crippen molar-refractivity contribution in [1.82, 2.24) is 25.2 Å². The summed E-state index contributed by atoms with van der Waals surface area (Å²) in [7, 11) is 0. The molecule has 30 heavy (non-hydrogen) atoms. The summed E-state index contributed by atoms with van der Waals surface area (Å²) in [6.07, 6.45) is 10.4. The molecule has 0 saturated carbocycles. The third kappa shape index (κ3) is 4.66. The minimum Gasteiger partial charge on any atom is -0.341 e. The Bertz CT molecular complexity index is 971. The summed E-state index contributed by atoms with van der Waals surface area (Å²) < 4.78 is 0. The number of para-hydroxylation sites is 2. The van der Waals surface area contributed by atoms with Crippen LogP contribution < -0.4 is 5.32 Å². The molecule has 1 fully saturated rings. The van der Waals surface area contributed by atoms with Crippen molar-refractivity contribution in [2.24, 2.45) is 0 Å². The van der Waals surface area contributed by atoms with Crippen molar-refractivity contribution in [1.29, 1.82) is 0 Å². The van der Waals surface area contributed by atoms with Crippen molar-refractivity contribution in [3.63, 3.8) is 0 Å². The van der Waals surface area contributed by atoms with Crippen LogP contribution in [0.1, 0.15) is 48.8 Å². The lowest BCUT2D eigenvalue weighted by molar-refractivity contribution is 0.181. The van der Waals surface area contributed by atoms with Crippen LogP contribution >= 0.6 is 17.0 Å². The van der Waals surface area contributed by atoms with Crippen LogP contribution in [-0.4, -0.2) is 39.5 Å². The summed E-state index contributed by atoms with van der Waals surface area (Å²) in [4.78, 5) is 15.7. The van der Waals surface area contributed by atoms with Crippen molar-refractivity contribution in [3.8, 4) is 0 Å². The van der Waals surface area contributed by atoms with Crippen molar-refractivity contribution >= 4 is 28.0 Å². The zero-order valence-electron chi connectivity index (χ0n) is 17.3. The monoisotopic (exact) mass is 467 g/mol. The van der Waals surface area contributed by atoms with E-state index in [0.29, 0.717) is 6.04 Å². The zero-order chi connectivity index (χ0) is 19.5. The molecule has 0 spiro atoms. The number of rotatable bonds is 5. The van der Waals surface area contributed by atoms with E-state index in [2.05, 4.69) is 51.6 Å². The summed E-state index contributed by atoms with van der Waals surface area (Å²) >= 11 is 0. The molecular weight excluding hydrogens is 438 g/mol. The fraction of sp³-hybridized carbons (Fsp3) is 0.417. The van der Waals surface area contributed by atoms with Crippen molar-refractivity contribution in [2.45, 2.75) is 44.7 Å². The van der Waals surface area contributed by atoms with Gasteiger partial charge in [-0.15, -0.1) is 17.0 Å². The van der Waals surface area contributed by atoms with Gasteiger partial charge in [-0.25, -0.2) is 4.98 Å². The van der Waals surface area contributed by atoms with Gasteiger partial charge in [0.25, 0.3) is 0 Å². The lowest BCUT2D eigenvalue weighted by Gasteiger charge is -2.34. The summed E-state index contributed by atoms with van der Waals surface area (Å²) in [5, 5.41) is 3.50. The summed E-state index contributed by atoms with van der Waals surface area (Å²) in [6.45, 7) is 3.92. The SMILES string of the molecule is Br.C(CN(Cc1nc2ccccc2[nH]1)C1CCCc2cccnc21)=C1CCCNC1. The van der Waals surface area contributed by atoms with Crippen LogP contribution in [0.15, 0.2) is 54.2 Å². The Kier molecular flexibility index (Phi) is 6.97.